The molecule has 2 N–H and O–H groups in total. The first-order valence-corrected chi connectivity index (χ1v) is 9.08. The van der Waals surface area contributed by atoms with E-state index in [0.29, 0.717) is 16.9 Å². The lowest BCUT2D eigenvalue weighted by Gasteiger charge is -2.07. The number of aromatic nitrogens is 1. The van der Waals surface area contributed by atoms with Gasteiger partial charge < -0.3 is 10.6 Å². The number of amides is 2. The van der Waals surface area contributed by atoms with Gasteiger partial charge in [0.1, 0.15) is 5.82 Å². The van der Waals surface area contributed by atoms with Gasteiger partial charge in [-0.1, -0.05) is 0 Å². The Labute approximate surface area is 160 Å². The Kier molecular flexibility index (Phi) is 6.17. The molecule has 0 fully saturated rings. The third-order valence-corrected chi connectivity index (χ3v) is 4.56. The molecular weight excluding hydrogens is 365 g/mol. The van der Waals surface area contributed by atoms with Crippen LogP contribution in [-0.4, -0.2) is 22.6 Å². The van der Waals surface area contributed by atoms with Gasteiger partial charge in [0.05, 0.1) is 5.75 Å². The molecule has 1 heterocycles. The van der Waals surface area contributed by atoms with E-state index in [-0.39, 0.29) is 23.4 Å². The van der Waals surface area contributed by atoms with Crippen molar-refractivity contribution in [1.82, 2.24) is 4.98 Å². The zero-order valence-electron chi connectivity index (χ0n) is 14.2. The number of pyridine rings is 1. The molecule has 0 saturated carbocycles. The van der Waals surface area contributed by atoms with E-state index >= 15 is 0 Å². The highest BCUT2D eigenvalue weighted by atomic mass is 32.2. The van der Waals surface area contributed by atoms with E-state index < -0.39 is 0 Å². The molecule has 5 nitrogen and oxygen atoms in total. The zero-order valence-corrected chi connectivity index (χ0v) is 15.0. The predicted molar refractivity (Wildman–Crippen MR) is 104 cm³/mol. The van der Waals surface area contributed by atoms with Crippen LogP contribution >= 0.6 is 11.8 Å². The fraction of sp³-hybridized carbons (Fsp3) is 0.0500. The summed E-state index contributed by atoms with van der Waals surface area (Å²) in [6.07, 6.45) is 3.23. The molecule has 3 aromatic rings. The zero-order chi connectivity index (χ0) is 19.1. The van der Waals surface area contributed by atoms with Crippen LogP contribution in [0.25, 0.3) is 0 Å². The van der Waals surface area contributed by atoms with E-state index in [1.165, 1.54) is 36.0 Å². The number of hydrogen-bond donors (Lipinski definition) is 2. The highest BCUT2D eigenvalue weighted by Gasteiger charge is 2.07. The summed E-state index contributed by atoms with van der Waals surface area (Å²) in [5.74, 6) is -0.545. The van der Waals surface area contributed by atoms with E-state index in [0.717, 1.165) is 4.90 Å². The highest BCUT2D eigenvalue weighted by Crippen LogP contribution is 2.21. The van der Waals surface area contributed by atoms with Gasteiger partial charge in [0, 0.05) is 34.2 Å². The minimum atomic E-state index is -0.388. The summed E-state index contributed by atoms with van der Waals surface area (Å²) >= 11 is 1.39. The van der Waals surface area contributed by atoms with Gasteiger partial charge in [0.2, 0.25) is 5.91 Å². The van der Waals surface area contributed by atoms with Crippen molar-refractivity contribution in [2.45, 2.75) is 4.90 Å². The second-order valence-electron chi connectivity index (χ2n) is 5.56. The SMILES string of the molecule is O=C(CSc1ccc(NC(=O)c2ccc(F)cc2)cc1)Nc1ccncc1. The Morgan fingerprint density at radius 3 is 2.15 bits per heavy atom. The lowest BCUT2D eigenvalue weighted by Crippen LogP contribution is -2.14. The standard InChI is InChI=1S/C20H16FN3O2S/c21-15-3-1-14(2-4-15)20(26)24-16-5-7-18(8-6-16)27-13-19(25)23-17-9-11-22-12-10-17/h1-12H,13H2,(H,24,26)(H,22,23,25). The van der Waals surface area contributed by atoms with E-state index in [1.54, 1.807) is 36.7 Å². The van der Waals surface area contributed by atoms with Gasteiger partial charge in [0.15, 0.2) is 0 Å². The average Bonchev–Trinajstić information content (AvgIpc) is 2.69. The molecule has 0 bridgehead atoms. The molecule has 136 valence electrons. The topological polar surface area (TPSA) is 71.1 Å². The summed E-state index contributed by atoms with van der Waals surface area (Å²) in [6.45, 7) is 0. The molecule has 0 radical (unpaired) electrons. The van der Waals surface area contributed by atoms with E-state index in [2.05, 4.69) is 15.6 Å². The lowest BCUT2D eigenvalue weighted by atomic mass is 10.2. The van der Waals surface area contributed by atoms with Crippen molar-refractivity contribution in [3.63, 3.8) is 0 Å². The molecule has 0 unspecified atom stereocenters. The number of nitrogens with one attached hydrogen (secondary N) is 2. The van der Waals surface area contributed by atoms with Crippen molar-refractivity contribution >= 4 is 35.0 Å². The first kappa shape index (κ1) is 18.6. The number of rotatable bonds is 6. The fourth-order valence-electron chi connectivity index (χ4n) is 2.22. The third kappa shape index (κ3) is 5.65. The number of hydrogen-bond acceptors (Lipinski definition) is 4. The molecule has 2 aromatic carbocycles. The number of carbonyl (C=O) groups is 2. The molecule has 0 aliphatic rings. The van der Waals surface area contributed by atoms with Crippen LogP contribution in [0.3, 0.4) is 0 Å². The van der Waals surface area contributed by atoms with Gasteiger partial charge in [-0.05, 0) is 60.7 Å². The number of carbonyl (C=O) groups excluding carboxylic acids is 2. The first-order chi connectivity index (χ1) is 13.1. The second kappa shape index (κ2) is 8.95. The first-order valence-electron chi connectivity index (χ1n) is 8.10. The summed E-state index contributed by atoms with van der Waals surface area (Å²) in [5.41, 5.74) is 1.70. The maximum atomic E-state index is 12.9. The summed E-state index contributed by atoms with van der Waals surface area (Å²) in [6, 6.07) is 15.9. The van der Waals surface area contributed by atoms with Crippen LogP contribution in [0.2, 0.25) is 0 Å². The Morgan fingerprint density at radius 2 is 1.48 bits per heavy atom. The molecular formula is C20H16FN3O2S. The van der Waals surface area contributed by atoms with Crippen LogP contribution in [0.5, 0.6) is 0 Å². The highest BCUT2D eigenvalue weighted by molar-refractivity contribution is 8.00. The monoisotopic (exact) mass is 381 g/mol. The van der Waals surface area contributed by atoms with Crippen molar-refractivity contribution in [3.05, 3.63) is 84.4 Å². The molecule has 1 aromatic heterocycles. The van der Waals surface area contributed by atoms with Crippen LogP contribution in [0.1, 0.15) is 10.4 Å². The summed E-state index contributed by atoms with van der Waals surface area (Å²) < 4.78 is 12.9. The molecule has 7 heteroatoms. The number of nitrogens with zero attached hydrogens (tertiary/aromatic N) is 1. The summed E-state index contributed by atoms with van der Waals surface area (Å²) in [4.78, 5) is 28.8. The van der Waals surface area contributed by atoms with Crippen molar-refractivity contribution in [3.8, 4) is 0 Å². The van der Waals surface area contributed by atoms with Gasteiger partial charge in [-0.15, -0.1) is 11.8 Å². The van der Waals surface area contributed by atoms with Gasteiger partial charge in [0.25, 0.3) is 5.91 Å². The average molecular weight is 381 g/mol. The molecule has 0 spiro atoms. The van der Waals surface area contributed by atoms with Crippen molar-refractivity contribution in [2.24, 2.45) is 0 Å². The lowest BCUT2D eigenvalue weighted by molar-refractivity contribution is -0.113. The molecule has 0 saturated heterocycles. The van der Waals surface area contributed by atoms with E-state index in [1.807, 2.05) is 12.1 Å². The quantitative estimate of drug-likeness (QED) is 0.628. The maximum Gasteiger partial charge on any atom is 0.255 e. The van der Waals surface area contributed by atoms with Crippen LogP contribution < -0.4 is 10.6 Å². The van der Waals surface area contributed by atoms with Crippen molar-refractivity contribution in [1.29, 1.82) is 0 Å². The van der Waals surface area contributed by atoms with Crippen molar-refractivity contribution in [2.75, 3.05) is 16.4 Å². The maximum absolute atomic E-state index is 12.9. The van der Waals surface area contributed by atoms with Crippen LogP contribution in [-0.2, 0) is 4.79 Å². The fourth-order valence-corrected chi connectivity index (χ4v) is 2.92. The molecule has 2 amide bonds. The molecule has 0 aliphatic carbocycles. The number of anilines is 2. The minimum Gasteiger partial charge on any atom is -0.325 e. The van der Waals surface area contributed by atoms with Gasteiger partial charge >= 0.3 is 0 Å². The van der Waals surface area contributed by atoms with Crippen LogP contribution in [0.15, 0.2) is 78.0 Å². The van der Waals surface area contributed by atoms with Gasteiger partial charge in [-0.25, -0.2) is 4.39 Å². The summed E-state index contributed by atoms with van der Waals surface area (Å²) in [7, 11) is 0. The molecule has 3 rings (SSSR count). The van der Waals surface area contributed by atoms with Gasteiger partial charge in [-0.3, -0.25) is 14.6 Å². The van der Waals surface area contributed by atoms with Gasteiger partial charge in [-0.2, -0.15) is 0 Å². The number of thioether (sulfide) groups is 1. The van der Waals surface area contributed by atoms with Crippen molar-refractivity contribution < 1.29 is 14.0 Å². The predicted octanol–water partition coefficient (Wildman–Crippen LogP) is 4.20. The van der Waals surface area contributed by atoms with E-state index in [9.17, 15) is 14.0 Å². The Balaban J connectivity index is 1.50. The molecule has 27 heavy (non-hydrogen) atoms. The summed E-state index contributed by atoms with van der Waals surface area (Å²) in [5, 5.41) is 5.53. The Hall–Kier alpha value is -3.19. The van der Waals surface area contributed by atoms with Crippen LogP contribution in [0, 0.1) is 5.82 Å². The largest absolute Gasteiger partial charge is 0.325 e. The normalized spacial score (nSPS) is 10.3. The van der Waals surface area contributed by atoms with Crippen LogP contribution in [0.4, 0.5) is 15.8 Å². The Morgan fingerprint density at radius 1 is 0.852 bits per heavy atom. The minimum absolute atomic E-state index is 0.111. The molecule has 0 atom stereocenters. The second-order valence-corrected chi connectivity index (χ2v) is 6.61. The molecule has 0 aliphatic heterocycles. The smallest absolute Gasteiger partial charge is 0.255 e. The third-order valence-electron chi connectivity index (χ3n) is 3.55. The number of benzene rings is 2. The number of halogens is 1. The Bertz CT molecular complexity index is 916. The van der Waals surface area contributed by atoms with E-state index in [4.69, 9.17) is 0 Å².